The first-order valence-corrected chi connectivity index (χ1v) is 10.7. The van der Waals surface area contributed by atoms with Crippen LogP contribution in [-0.4, -0.2) is 70.7 Å². The van der Waals surface area contributed by atoms with E-state index in [2.05, 4.69) is 33.3 Å². The summed E-state index contributed by atoms with van der Waals surface area (Å²) in [5.74, 6) is -0.234. The molecular weight excluding hydrogens is 448 g/mol. The fourth-order valence-corrected chi connectivity index (χ4v) is 4.53. The first-order valence-electron chi connectivity index (χ1n) is 8.66. The molecule has 0 bridgehead atoms. The van der Waals surface area contributed by atoms with Crippen LogP contribution in [0.5, 0.6) is 0 Å². The Labute approximate surface area is 177 Å². The lowest BCUT2D eigenvalue weighted by atomic mass is 10.2. The fourth-order valence-electron chi connectivity index (χ4n) is 2.80. The van der Waals surface area contributed by atoms with Crippen molar-refractivity contribution in [2.45, 2.75) is 6.42 Å². The van der Waals surface area contributed by atoms with E-state index in [9.17, 15) is 9.59 Å². The van der Waals surface area contributed by atoms with Gasteiger partial charge in [0.05, 0.1) is 4.91 Å². The minimum absolute atomic E-state index is 0.0930. The summed E-state index contributed by atoms with van der Waals surface area (Å²) < 4.78 is 1.45. The van der Waals surface area contributed by atoms with Gasteiger partial charge < -0.3 is 4.90 Å². The number of hydrazine groups is 1. The van der Waals surface area contributed by atoms with Gasteiger partial charge in [-0.25, -0.2) is 5.01 Å². The van der Waals surface area contributed by atoms with Crippen molar-refractivity contribution in [2.75, 3.05) is 39.8 Å². The number of likely N-dealkylation sites (N-methyl/N-ethyl adjacent to an activating group) is 1. The molecule has 2 heterocycles. The molecule has 1 aromatic carbocycles. The lowest BCUT2D eigenvalue weighted by Gasteiger charge is -2.32. The number of hydrogen-bond acceptors (Lipinski definition) is 6. The third kappa shape index (κ3) is 5.61. The molecule has 0 spiro atoms. The number of thioether (sulfide) groups is 1. The zero-order valence-electron chi connectivity index (χ0n) is 15.0. The van der Waals surface area contributed by atoms with E-state index >= 15 is 0 Å². The molecule has 0 unspecified atom stereocenters. The highest BCUT2D eigenvalue weighted by Crippen LogP contribution is 2.32. The molecule has 144 valence electrons. The van der Waals surface area contributed by atoms with Gasteiger partial charge in [0.25, 0.3) is 5.91 Å². The second-order valence-electron chi connectivity index (χ2n) is 6.46. The van der Waals surface area contributed by atoms with Gasteiger partial charge in [0.15, 0.2) is 0 Å². The first-order chi connectivity index (χ1) is 12.9. The van der Waals surface area contributed by atoms with Crippen molar-refractivity contribution in [3.05, 3.63) is 39.2 Å². The Balaban J connectivity index is 1.54. The van der Waals surface area contributed by atoms with Crippen molar-refractivity contribution in [3.63, 3.8) is 0 Å². The summed E-state index contributed by atoms with van der Waals surface area (Å²) in [6.07, 6.45) is 2.05. The molecule has 2 amide bonds. The van der Waals surface area contributed by atoms with Gasteiger partial charge in [-0.2, -0.15) is 0 Å². The van der Waals surface area contributed by atoms with E-state index in [1.54, 1.807) is 0 Å². The summed E-state index contributed by atoms with van der Waals surface area (Å²) in [4.78, 5) is 29.1. The average molecular weight is 469 g/mol. The Morgan fingerprint density at radius 1 is 1.33 bits per heavy atom. The number of carbonyl (C=O) groups excluding carboxylic acids is 2. The number of carbonyl (C=O) groups is 2. The largest absolute Gasteiger partial charge is 0.304 e. The zero-order chi connectivity index (χ0) is 19.4. The number of nitrogens with zero attached hydrogens (tertiary/aromatic N) is 3. The quantitative estimate of drug-likeness (QED) is 0.528. The van der Waals surface area contributed by atoms with E-state index in [0.717, 1.165) is 36.2 Å². The van der Waals surface area contributed by atoms with Crippen LogP contribution < -0.4 is 5.43 Å². The molecule has 2 fully saturated rings. The molecule has 2 aliphatic rings. The molecular formula is C18H21BrN4O2S2. The highest BCUT2D eigenvalue weighted by molar-refractivity contribution is 9.10. The van der Waals surface area contributed by atoms with E-state index in [-0.39, 0.29) is 18.2 Å². The maximum Gasteiger partial charge on any atom is 0.266 e. The lowest BCUT2D eigenvalue weighted by molar-refractivity contribution is -0.127. The number of thiocarbonyl (C=S) groups is 1. The Morgan fingerprint density at radius 2 is 2.07 bits per heavy atom. The molecule has 0 aromatic heterocycles. The maximum absolute atomic E-state index is 12.6. The predicted molar refractivity (Wildman–Crippen MR) is 116 cm³/mol. The van der Waals surface area contributed by atoms with Gasteiger partial charge in [0.1, 0.15) is 4.32 Å². The molecule has 6 nitrogen and oxygen atoms in total. The van der Waals surface area contributed by atoms with Crippen molar-refractivity contribution in [1.82, 2.24) is 20.2 Å². The standard InChI is InChI=1S/C18H21BrN4O2S2/c1-21-7-9-22(10-8-21)20-16(24)5-6-23-17(25)15(27-18(23)26)12-13-3-2-4-14(19)11-13/h2-4,11-12H,5-10H2,1H3,(H,20,24)/b15-12-. The number of halogens is 1. The van der Waals surface area contributed by atoms with Crippen molar-refractivity contribution < 1.29 is 9.59 Å². The zero-order valence-corrected chi connectivity index (χ0v) is 18.2. The minimum Gasteiger partial charge on any atom is -0.304 e. The van der Waals surface area contributed by atoms with E-state index in [1.165, 1.54) is 16.7 Å². The summed E-state index contributed by atoms with van der Waals surface area (Å²) in [7, 11) is 2.07. The molecule has 1 aromatic rings. The summed E-state index contributed by atoms with van der Waals surface area (Å²) in [6.45, 7) is 3.75. The first kappa shape index (κ1) is 20.5. The summed E-state index contributed by atoms with van der Waals surface area (Å²) in [5, 5.41) is 1.93. The highest BCUT2D eigenvalue weighted by Gasteiger charge is 2.32. The second-order valence-corrected chi connectivity index (χ2v) is 9.06. The Bertz CT molecular complexity index is 778. The number of amides is 2. The van der Waals surface area contributed by atoms with Gasteiger partial charge in [-0.1, -0.05) is 52.0 Å². The van der Waals surface area contributed by atoms with Crippen LogP contribution in [0.2, 0.25) is 0 Å². The van der Waals surface area contributed by atoms with E-state index in [4.69, 9.17) is 12.2 Å². The Morgan fingerprint density at radius 3 is 2.78 bits per heavy atom. The van der Waals surface area contributed by atoms with Crippen LogP contribution in [0.15, 0.2) is 33.6 Å². The predicted octanol–water partition coefficient (Wildman–Crippen LogP) is 2.32. The monoisotopic (exact) mass is 468 g/mol. The fraction of sp³-hybridized carbons (Fsp3) is 0.389. The van der Waals surface area contributed by atoms with Gasteiger partial charge in [-0.05, 0) is 30.8 Å². The normalized spacial score (nSPS) is 20.5. The molecule has 9 heteroatoms. The molecule has 2 aliphatic heterocycles. The average Bonchev–Trinajstić information content (AvgIpc) is 2.88. The number of hydrogen-bond donors (Lipinski definition) is 1. The minimum atomic E-state index is -0.141. The van der Waals surface area contributed by atoms with Gasteiger partial charge in [-0.3, -0.25) is 19.9 Å². The number of benzene rings is 1. The third-order valence-electron chi connectivity index (χ3n) is 4.37. The molecule has 0 saturated carbocycles. The molecule has 2 saturated heterocycles. The van der Waals surface area contributed by atoms with Gasteiger partial charge in [0, 0.05) is 43.6 Å². The third-order valence-corrected chi connectivity index (χ3v) is 6.24. The van der Waals surface area contributed by atoms with E-state index in [0.29, 0.717) is 15.8 Å². The highest BCUT2D eigenvalue weighted by atomic mass is 79.9. The van der Waals surface area contributed by atoms with E-state index in [1.807, 2.05) is 35.4 Å². The van der Waals surface area contributed by atoms with Crippen LogP contribution in [-0.2, 0) is 9.59 Å². The molecule has 27 heavy (non-hydrogen) atoms. The van der Waals surface area contributed by atoms with Gasteiger partial charge in [0.2, 0.25) is 5.91 Å². The molecule has 0 radical (unpaired) electrons. The van der Waals surface area contributed by atoms with Crippen LogP contribution in [0.1, 0.15) is 12.0 Å². The summed E-state index contributed by atoms with van der Waals surface area (Å²) in [5.41, 5.74) is 3.84. The lowest BCUT2D eigenvalue weighted by Crippen LogP contribution is -2.52. The van der Waals surface area contributed by atoms with Crippen LogP contribution >= 0.6 is 39.9 Å². The summed E-state index contributed by atoms with van der Waals surface area (Å²) >= 11 is 10.0. The van der Waals surface area contributed by atoms with Crippen LogP contribution in [0, 0.1) is 0 Å². The second kappa shape index (κ2) is 9.29. The van der Waals surface area contributed by atoms with Crippen molar-refractivity contribution in [2.24, 2.45) is 0 Å². The number of rotatable bonds is 5. The van der Waals surface area contributed by atoms with Gasteiger partial charge in [-0.15, -0.1) is 0 Å². The SMILES string of the molecule is CN1CCN(NC(=O)CCN2C(=O)/C(=C/c3cccc(Br)c3)SC2=S)CC1. The van der Waals surface area contributed by atoms with Crippen LogP contribution in [0.4, 0.5) is 0 Å². The van der Waals surface area contributed by atoms with Crippen molar-refractivity contribution >= 4 is 62.1 Å². The van der Waals surface area contributed by atoms with Crippen molar-refractivity contribution in [3.8, 4) is 0 Å². The van der Waals surface area contributed by atoms with Crippen LogP contribution in [0.25, 0.3) is 6.08 Å². The number of nitrogens with one attached hydrogen (secondary N) is 1. The van der Waals surface area contributed by atoms with Crippen LogP contribution in [0.3, 0.4) is 0 Å². The maximum atomic E-state index is 12.6. The van der Waals surface area contributed by atoms with Gasteiger partial charge >= 0.3 is 0 Å². The number of piperazine rings is 1. The topological polar surface area (TPSA) is 55.9 Å². The van der Waals surface area contributed by atoms with Crippen molar-refractivity contribution in [1.29, 1.82) is 0 Å². The Kier molecular flexibility index (Phi) is 7.04. The molecule has 1 N–H and O–H groups in total. The molecule has 3 rings (SSSR count). The summed E-state index contributed by atoms with van der Waals surface area (Å²) in [6, 6.07) is 7.72. The smallest absolute Gasteiger partial charge is 0.266 e. The molecule has 0 atom stereocenters. The Hall–Kier alpha value is -1.26. The van der Waals surface area contributed by atoms with E-state index < -0.39 is 0 Å². The molecule has 0 aliphatic carbocycles.